The number of ether oxygens (including phenoxy) is 3. The van der Waals surface area contributed by atoms with Gasteiger partial charge in [0.1, 0.15) is 23.8 Å². The number of piperazine rings is 1. The smallest absolute Gasteiger partial charge is 0.410 e. The van der Waals surface area contributed by atoms with Crippen molar-refractivity contribution in [2.45, 2.75) is 46.4 Å². The molecular formula is C40H52N8O5. The van der Waals surface area contributed by atoms with E-state index in [0.717, 1.165) is 65.8 Å². The van der Waals surface area contributed by atoms with Gasteiger partial charge in [-0.05, 0) is 69.7 Å². The lowest BCUT2D eigenvalue weighted by atomic mass is 10.1. The van der Waals surface area contributed by atoms with Crippen LogP contribution in [0.2, 0.25) is 0 Å². The molecule has 1 N–H and O–H groups in total. The zero-order valence-corrected chi connectivity index (χ0v) is 31.7. The third kappa shape index (κ3) is 12.1. The number of amides is 1. The number of hydrogen-bond donors (Lipinski definition) is 1. The molecule has 2 aromatic carbocycles. The molecule has 2 aromatic heterocycles. The molecular weight excluding hydrogens is 672 g/mol. The number of aromatic nitrogens is 3. The highest BCUT2D eigenvalue weighted by Crippen LogP contribution is 2.28. The van der Waals surface area contributed by atoms with Gasteiger partial charge >= 0.3 is 12.1 Å². The number of anilines is 3. The molecule has 3 heterocycles. The number of hydrogen-bond acceptors (Lipinski definition) is 12. The molecule has 0 spiro atoms. The number of rotatable bonds is 15. The molecule has 13 heteroatoms. The van der Waals surface area contributed by atoms with E-state index in [4.69, 9.17) is 19.2 Å². The van der Waals surface area contributed by atoms with Crippen LogP contribution in [0.25, 0.3) is 11.3 Å². The van der Waals surface area contributed by atoms with Gasteiger partial charge < -0.3 is 29.3 Å². The Morgan fingerprint density at radius 3 is 2.36 bits per heavy atom. The molecule has 1 fully saturated rings. The second-order valence-electron chi connectivity index (χ2n) is 14.1. The van der Waals surface area contributed by atoms with Crippen LogP contribution in [-0.4, -0.2) is 114 Å². The fourth-order valence-corrected chi connectivity index (χ4v) is 5.71. The highest BCUT2D eigenvalue weighted by molar-refractivity contribution is 5.71. The first-order valence-electron chi connectivity index (χ1n) is 18.1. The largest absolute Gasteiger partial charge is 0.489 e. The molecule has 0 aliphatic carbocycles. The van der Waals surface area contributed by atoms with Crippen LogP contribution in [0.4, 0.5) is 22.2 Å². The molecule has 4 aromatic rings. The first kappa shape index (κ1) is 38.9. The molecule has 0 radical (unpaired) electrons. The molecule has 1 amide bonds. The van der Waals surface area contributed by atoms with E-state index in [1.54, 1.807) is 24.3 Å². The first-order valence-corrected chi connectivity index (χ1v) is 18.1. The Balaban J connectivity index is 1.23. The van der Waals surface area contributed by atoms with Gasteiger partial charge in [-0.3, -0.25) is 14.6 Å². The van der Waals surface area contributed by atoms with Crippen molar-refractivity contribution in [3.8, 4) is 17.0 Å². The summed E-state index contributed by atoms with van der Waals surface area (Å²) in [5, 5.41) is 3.39. The van der Waals surface area contributed by atoms with E-state index >= 15 is 0 Å². The van der Waals surface area contributed by atoms with Crippen molar-refractivity contribution in [3.63, 3.8) is 0 Å². The highest BCUT2D eigenvalue weighted by Gasteiger charge is 2.22. The van der Waals surface area contributed by atoms with Crippen molar-refractivity contribution in [1.82, 2.24) is 29.7 Å². The highest BCUT2D eigenvalue weighted by atomic mass is 16.6. The van der Waals surface area contributed by atoms with Crippen LogP contribution >= 0.6 is 0 Å². The summed E-state index contributed by atoms with van der Waals surface area (Å²) in [6, 6.07) is 22.0. The molecule has 1 aliphatic heterocycles. The quantitative estimate of drug-likeness (QED) is 0.148. The third-order valence-corrected chi connectivity index (χ3v) is 8.64. The minimum Gasteiger partial charge on any atom is -0.489 e. The average molecular weight is 725 g/mol. The monoisotopic (exact) mass is 724 g/mol. The number of carbonyl (C=O) groups is 2. The normalized spacial score (nSPS) is 13.6. The lowest BCUT2D eigenvalue weighted by molar-refractivity contribution is -0.144. The van der Waals surface area contributed by atoms with Crippen molar-refractivity contribution in [2.75, 3.05) is 76.7 Å². The Morgan fingerprint density at radius 1 is 0.906 bits per heavy atom. The number of pyridine rings is 1. The molecule has 0 unspecified atom stereocenters. The van der Waals surface area contributed by atoms with Crippen LogP contribution in [0.15, 0.2) is 79.1 Å². The van der Waals surface area contributed by atoms with Gasteiger partial charge in [0, 0.05) is 89.1 Å². The van der Waals surface area contributed by atoms with E-state index in [1.807, 2.05) is 88.2 Å². The molecule has 0 bridgehead atoms. The Labute approximate surface area is 312 Å². The van der Waals surface area contributed by atoms with Gasteiger partial charge in [0.05, 0.1) is 18.8 Å². The third-order valence-electron chi connectivity index (χ3n) is 8.64. The zero-order chi connectivity index (χ0) is 37.8. The van der Waals surface area contributed by atoms with E-state index in [0.29, 0.717) is 45.3 Å². The van der Waals surface area contributed by atoms with Gasteiger partial charge in [-0.1, -0.05) is 30.3 Å². The molecule has 1 saturated heterocycles. The lowest BCUT2D eigenvalue weighted by Crippen LogP contribution is -2.47. The van der Waals surface area contributed by atoms with Crippen LogP contribution < -0.4 is 15.0 Å². The van der Waals surface area contributed by atoms with E-state index in [2.05, 4.69) is 43.3 Å². The predicted octanol–water partition coefficient (Wildman–Crippen LogP) is 5.85. The van der Waals surface area contributed by atoms with E-state index < -0.39 is 5.60 Å². The summed E-state index contributed by atoms with van der Waals surface area (Å²) in [4.78, 5) is 46.3. The fourth-order valence-electron chi connectivity index (χ4n) is 5.71. The van der Waals surface area contributed by atoms with Crippen LogP contribution in [0.3, 0.4) is 0 Å². The maximum Gasteiger partial charge on any atom is 0.410 e. The number of esters is 1. The van der Waals surface area contributed by atoms with Crippen molar-refractivity contribution >= 4 is 29.5 Å². The van der Waals surface area contributed by atoms with Crippen LogP contribution in [0.1, 0.15) is 38.8 Å². The van der Waals surface area contributed by atoms with Crippen LogP contribution in [-0.2, 0) is 27.4 Å². The maximum atomic E-state index is 12.3. The molecule has 13 nitrogen and oxygen atoms in total. The number of benzene rings is 2. The molecule has 5 rings (SSSR count). The van der Waals surface area contributed by atoms with Gasteiger partial charge in [0.2, 0.25) is 5.95 Å². The Bertz CT molecular complexity index is 1780. The summed E-state index contributed by atoms with van der Waals surface area (Å²) in [7, 11) is 3.67. The number of nitrogens with zero attached hydrogens (tertiary/aromatic N) is 7. The first-order chi connectivity index (χ1) is 25.5. The van der Waals surface area contributed by atoms with Crippen molar-refractivity contribution in [3.05, 3.63) is 90.3 Å². The minimum atomic E-state index is -0.540. The SMILES string of the molecule is CCOC(=O)CN1CCN(Cc2cc(Nc3nccc(-c4ccc(N(C)CCN(C)C(=O)OC(C)(C)C)nc4)n3)ccc2OCc2ccccc2)CC1. The Morgan fingerprint density at radius 2 is 1.66 bits per heavy atom. The van der Waals surface area contributed by atoms with Crippen molar-refractivity contribution in [2.24, 2.45) is 0 Å². The minimum absolute atomic E-state index is 0.180. The van der Waals surface area contributed by atoms with Crippen LogP contribution in [0.5, 0.6) is 5.75 Å². The second kappa shape index (κ2) is 18.5. The summed E-state index contributed by atoms with van der Waals surface area (Å²) in [6.07, 6.45) is 3.16. The van der Waals surface area contributed by atoms with Gasteiger partial charge in [-0.15, -0.1) is 0 Å². The van der Waals surface area contributed by atoms with E-state index in [-0.39, 0.29) is 12.1 Å². The molecule has 1 aliphatic rings. The Hall–Kier alpha value is -5.27. The summed E-state index contributed by atoms with van der Waals surface area (Å²) in [5.74, 6) is 1.88. The van der Waals surface area contributed by atoms with Crippen molar-refractivity contribution < 1.29 is 23.8 Å². The molecule has 0 saturated carbocycles. The average Bonchev–Trinajstić information content (AvgIpc) is 3.14. The van der Waals surface area contributed by atoms with Crippen molar-refractivity contribution in [1.29, 1.82) is 0 Å². The van der Waals surface area contributed by atoms with Gasteiger partial charge in [0.25, 0.3) is 0 Å². The number of likely N-dealkylation sites (N-methyl/N-ethyl adjacent to an activating group) is 2. The summed E-state index contributed by atoms with van der Waals surface area (Å²) in [5.41, 5.74) is 4.03. The fraction of sp³-hybridized carbons (Fsp3) is 0.425. The molecule has 282 valence electrons. The van der Waals surface area contributed by atoms with Gasteiger partial charge in [-0.25, -0.2) is 19.7 Å². The standard InChI is InChI=1S/C40H52N8O5/c1-7-51-37(49)28-48-23-21-47(22-24-48)27-32-25-33(14-15-35(32)52-29-30-11-9-8-10-12-30)43-38-41-18-17-34(44-38)31-13-16-36(42-26-31)45(5)19-20-46(6)39(50)53-40(2,3)4/h8-18,25-26H,7,19-24,27-29H2,1-6H3,(H,41,43,44). The summed E-state index contributed by atoms with van der Waals surface area (Å²) >= 11 is 0. The van der Waals surface area contributed by atoms with E-state index in [9.17, 15) is 9.59 Å². The molecule has 53 heavy (non-hydrogen) atoms. The number of carbonyl (C=O) groups excluding carboxylic acids is 2. The summed E-state index contributed by atoms with van der Waals surface area (Å²) < 4.78 is 16.9. The van der Waals surface area contributed by atoms with Gasteiger partial charge in [-0.2, -0.15) is 0 Å². The molecule has 0 atom stereocenters. The maximum absolute atomic E-state index is 12.3. The topological polar surface area (TPSA) is 125 Å². The van der Waals surface area contributed by atoms with Crippen LogP contribution in [0, 0.1) is 0 Å². The second-order valence-corrected chi connectivity index (χ2v) is 14.1. The van der Waals surface area contributed by atoms with Gasteiger partial charge in [0.15, 0.2) is 0 Å². The Kier molecular flexibility index (Phi) is 13.6. The summed E-state index contributed by atoms with van der Waals surface area (Å²) in [6.45, 7) is 13.6. The number of nitrogens with one attached hydrogen (secondary N) is 1. The zero-order valence-electron chi connectivity index (χ0n) is 31.7. The predicted molar refractivity (Wildman–Crippen MR) is 206 cm³/mol. The van der Waals surface area contributed by atoms with E-state index in [1.165, 1.54) is 0 Å². The lowest BCUT2D eigenvalue weighted by Gasteiger charge is -2.34.